The fourth-order valence-corrected chi connectivity index (χ4v) is 3.34. The first kappa shape index (κ1) is 9.17. The molecule has 3 unspecified atom stereocenters. The zero-order valence-electron chi connectivity index (χ0n) is 8.87. The van der Waals surface area contributed by atoms with E-state index in [0.29, 0.717) is 0 Å². The molecular weight excluding hydrogens is 174 g/mol. The number of nitrogens with one attached hydrogen (secondary N) is 1. The van der Waals surface area contributed by atoms with Gasteiger partial charge in [0.1, 0.15) is 0 Å². The molecule has 0 radical (unpaired) electrons. The highest BCUT2D eigenvalue weighted by Gasteiger charge is 2.50. The van der Waals surface area contributed by atoms with E-state index >= 15 is 0 Å². The van der Waals surface area contributed by atoms with Crippen LogP contribution in [0.1, 0.15) is 32.1 Å². The zero-order chi connectivity index (χ0) is 9.38. The molecule has 1 saturated heterocycles. The average molecular weight is 195 g/mol. The Bertz CT molecular complexity index is 188. The summed E-state index contributed by atoms with van der Waals surface area (Å²) in [6.07, 6.45) is 7.21. The van der Waals surface area contributed by atoms with Crippen LogP contribution < -0.4 is 5.32 Å². The second kappa shape index (κ2) is 3.82. The molecule has 3 aliphatic rings. The van der Waals surface area contributed by atoms with Gasteiger partial charge in [0.2, 0.25) is 0 Å². The van der Waals surface area contributed by atoms with Crippen molar-refractivity contribution in [3.63, 3.8) is 0 Å². The molecule has 2 nitrogen and oxygen atoms in total. The molecule has 2 heteroatoms. The van der Waals surface area contributed by atoms with Gasteiger partial charge in [-0.05, 0) is 37.0 Å². The Hall–Kier alpha value is -0.0800. The highest BCUT2D eigenvalue weighted by molar-refractivity contribution is 5.04. The number of ether oxygens (including phenoxy) is 1. The van der Waals surface area contributed by atoms with Crippen LogP contribution in [0.2, 0.25) is 0 Å². The first-order valence-corrected chi connectivity index (χ1v) is 6.26. The summed E-state index contributed by atoms with van der Waals surface area (Å²) in [6.45, 7) is 3.19. The number of rotatable bonds is 3. The molecule has 80 valence electrons. The van der Waals surface area contributed by atoms with E-state index in [2.05, 4.69) is 5.32 Å². The Morgan fingerprint density at radius 2 is 1.86 bits per heavy atom. The van der Waals surface area contributed by atoms with Gasteiger partial charge in [-0.2, -0.15) is 0 Å². The number of hydrogen-bond donors (Lipinski definition) is 1. The fourth-order valence-electron chi connectivity index (χ4n) is 3.34. The minimum absolute atomic E-state index is 0.803. The fraction of sp³-hybridized carbons (Fsp3) is 1.00. The van der Waals surface area contributed by atoms with Crippen LogP contribution in [0, 0.1) is 17.8 Å². The Kier molecular flexibility index (Phi) is 2.50. The average Bonchev–Trinajstić information content (AvgIpc) is 2.69. The molecule has 0 aromatic rings. The molecule has 3 rings (SSSR count). The maximum Gasteiger partial charge on any atom is 0.0507 e. The molecule has 1 N–H and O–H groups in total. The van der Waals surface area contributed by atoms with Crippen LogP contribution in [0.15, 0.2) is 0 Å². The Morgan fingerprint density at radius 1 is 1.07 bits per heavy atom. The summed E-state index contributed by atoms with van der Waals surface area (Å²) >= 11 is 0. The number of hydrogen-bond acceptors (Lipinski definition) is 2. The van der Waals surface area contributed by atoms with E-state index in [9.17, 15) is 0 Å². The van der Waals surface area contributed by atoms with Crippen molar-refractivity contribution >= 4 is 0 Å². The molecule has 0 aromatic carbocycles. The van der Waals surface area contributed by atoms with Gasteiger partial charge in [-0.15, -0.1) is 0 Å². The monoisotopic (exact) mass is 195 g/mol. The summed E-state index contributed by atoms with van der Waals surface area (Å²) in [6, 6.07) is 0.887. The van der Waals surface area contributed by atoms with Crippen molar-refractivity contribution in [3.8, 4) is 0 Å². The lowest BCUT2D eigenvalue weighted by molar-refractivity contribution is 0.185. The molecule has 2 saturated carbocycles. The standard InChI is InChI=1S/C12H21NO/c1-2-4-11-10(3-1)12(11)13-7-9-5-6-14-8-9/h9-13H,1-8H2. The molecule has 3 fully saturated rings. The molecule has 0 aromatic heterocycles. The molecule has 2 aliphatic carbocycles. The largest absolute Gasteiger partial charge is 0.381 e. The van der Waals surface area contributed by atoms with Gasteiger partial charge in [-0.25, -0.2) is 0 Å². The summed E-state index contributed by atoms with van der Waals surface area (Å²) in [5, 5.41) is 3.76. The quantitative estimate of drug-likeness (QED) is 0.741. The predicted molar refractivity (Wildman–Crippen MR) is 56.2 cm³/mol. The third kappa shape index (κ3) is 1.70. The van der Waals surface area contributed by atoms with Crippen LogP contribution in [0.3, 0.4) is 0 Å². The highest BCUT2D eigenvalue weighted by Crippen LogP contribution is 2.49. The van der Waals surface area contributed by atoms with Gasteiger partial charge in [0.05, 0.1) is 6.61 Å². The van der Waals surface area contributed by atoms with E-state index in [1.165, 1.54) is 38.6 Å². The molecule has 14 heavy (non-hydrogen) atoms. The lowest BCUT2D eigenvalue weighted by Crippen LogP contribution is -2.26. The van der Waals surface area contributed by atoms with Crippen LogP contribution in [-0.2, 0) is 4.74 Å². The third-order valence-electron chi connectivity index (χ3n) is 4.32. The third-order valence-corrected chi connectivity index (χ3v) is 4.32. The van der Waals surface area contributed by atoms with Gasteiger partial charge in [-0.3, -0.25) is 0 Å². The number of fused-ring (bicyclic) bond motifs is 1. The molecule has 0 spiro atoms. The maximum absolute atomic E-state index is 5.39. The van der Waals surface area contributed by atoms with Crippen molar-refractivity contribution in [3.05, 3.63) is 0 Å². The highest BCUT2D eigenvalue weighted by atomic mass is 16.5. The van der Waals surface area contributed by atoms with Crippen LogP contribution in [0.4, 0.5) is 0 Å². The molecule has 0 amide bonds. The Morgan fingerprint density at radius 3 is 2.50 bits per heavy atom. The molecule has 3 atom stereocenters. The topological polar surface area (TPSA) is 21.3 Å². The summed E-state index contributed by atoms with van der Waals surface area (Å²) in [5.74, 6) is 2.90. The van der Waals surface area contributed by atoms with Gasteiger partial charge in [-0.1, -0.05) is 12.8 Å². The van der Waals surface area contributed by atoms with Crippen molar-refractivity contribution in [2.24, 2.45) is 17.8 Å². The van der Waals surface area contributed by atoms with Crippen LogP contribution in [0.5, 0.6) is 0 Å². The minimum Gasteiger partial charge on any atom is -0.381 e. The molecule has 1 heterocycles. The van der Waals surface area contributed by atoms with Crippen molar-refractivity contribution < 1.29 is 4.74 Å². The molecule has 0 bridgehead atoms. The van der Waals surface area contributed by atoms with Crippen molar-refractivity contribution in [2.45, 2.75) is 38.1 Å². The second-order valence-electron chi connectivity index (χ2n) is 5.28. The lowest BCUT2D eigenvalue weighted by Gasteiger charge is -2.08. The van der Waals surface area contributed by atoms with E-state index < -0.39 is 0 Å². The second-order valence-corrected chi connectivity index (χ2v) is 5.28. The summed E-state index contributed by atoms with van der Waals surface area (Å²) in [4.78, 5) is 0. The van der Waals surface area contributed by atoms with E-state index in [-0.39, 0.29) is 0 Å². The van der Waals surface area contributed by atoms with E-state index in [0.717, 1.165) is 37.0 Å². The predicted octanol–water partition coefficient (Wildman–Crippen LogP) is 1.80. The van der Waals surface area contributed by atoms with Crippen molar-refractivity contribution in [1.29, 1.82) is 0 Å². The normalized spacial score (nSPS) is 46.3. The molecular formula is C12H21NO. The van der Waals surface area contributed by atoms with E-state index in [4.69, 9.17) is 4.74 Å². The first-order valence-electron chi connectivity index (χ1n) is 6.26. The maximum atomic E-state index is 5.39. The first-order chi connectivity index (χ1) is 6.95. The van der Waals surface area contributed by atoms with E-state index in [1.807, 2.05) is 0 Å². The van der Waals surface area contributed by atoms with Crippen LogP contribution in [-0.4, -0.2) is 25.8 Å². The van der Waals surface area contributed by atoms with Crippen LogP contribution >= 0.6 is 0 Å². The van der Waals surface area contributed by atoms with Gasteiger partial charge in [0, 0.05) is 19.2 Å². The van der Waals surface area contributed by atoms with Crippen LogP contribution in [0.25, 0.3) is 0 Å². The lowest BCUT2D eigenvalue weighted by atomic mass is 10.0. The minimum atomic E-state index is 0.803. The van der Waals surface area contributed by atoms with Gasteiger partial charge in [0.25, 0.3) is 0 Å². The Balaban J connectivity index is 1.41. The zero-order valence-corrected chi connectivity index (χ0v) is 8.87. The van der Waals surface area contributed by atoms with Crippen molar-refractivity contribution in [1.82, 2.24) is 5.32 Å². The summed E-state index contributed by atoms with van der Waals surface area (Å²) in [7, 11) is 0. The van der Waals surface area contributed by atoms with Crippen molar-refractivity contribution in [2.75, 3.05) is 19.8 Å². The summed E-state index contributed by atoms with van der Waals surface area (Å²) < 4.78 is 5.39. The smallest absolute Gasteiger partial charge is 0.0507 e. The SMILES string of the molecule is C1CCC2C(C1)C2NCC1CCOC1. The van der Waals surface area contributed by atoms with Gasteiger partial charge >= 0.3 is 0 Å². The molecule has 1 aliphatic heterocycles. The van der Waals surface area contributed by atoms with Gasteiger partial charge in [0.15, 0.2) is 0 Å². The summed E-state index contributed by atoms with van der Waals surface area (Å²) in [5.41, 5.74) is 0. The van der Waals surface area contributed by atoms with E-state index in [1.54, 1.807) is 0 Å². The Labute approximate surface area is 86.4 Å². The van der Waals surface area contributed by atoms with Gasteiger partial charge < -0.3 is 10.1 Å².